The lowest BCUT2D eigenvalue weighted by Gasteiger charge is -2.32. The summed E-state index contributed by atoms with van der Waals surface area (Å²) in [6, 6.07) is 13.5. The number of carbonyl (C=O) groups excluding carboxylic acids is 5. The summed E-state index contributed by atoms with van der Waals surface area (Å²) in [6.45, 7) is 5.29. The van der Waals surface area contributed by atoms with Gasteiger partial charge in [-0.1, -0.05) is 24.3 Å². The molecule has 7 rings (SSSR count). The van der Waals surface area contributed by atoms with Gasteiger partial charge in [0.15, 0.2) is 5.82 Å². The van der Waals surface area contributed by atoms with E-state index in [1.807, 2.05) is 12.1 Å². The summed E-state index contributed by atoms with van der Waals surface area (Å²) < 4.78 is 12.2. The largest absolute Gasteiger partial charge is 0.492 e. The minimum atomic E-state index is -1.40. The van der Waals surface area contributed by atoms with Crippen LogP contribution in [0.5, 0.6) is 11.5 Å². The highest BCUT2D eigenvalue weighted by molar-refractivity contribution is 6.00. The molecular formula is C49H59N11O7. The van der Waals surface area contributed by atoms with Crippen molar-refractivity contribution in [3.8, 4) is 40.1 Å². The Morgan fingerprint density at radius 2 is 1.57 bits per heavy atom. The summed E-state index contributed by atoms with van der Waals surface area (Å²) in [6.07, 6.45) is 4.64. The molecule has 1 spiro atoms. The molecule has 1 unspecified atom stereocenters. The van der Waals surface area contributed by atoms with Gasteiger partial charge >= 0.3 is 0 Å². The second-order valence-corrected chi connectivity index (χ2v) is 17.4. The third-order valence-corrected chi connectivity index (χ3v) is 12.8. The van der Waals surface area contributed by atoms with E-state index < -0.39 is 53.7 Å². The van der Waals surface area contributed by atoms with Gasteiger partial charge in [-0.05, 0) is 117 Å². The number of aromatic nitrogens is 2. The first-order valence-electron chi connectivity index (χ1n) is 22.7. The van der Waals surface area contributed by atoms with E-state index in [4.69, 9.17) is 36.6 Å². The number of nitrogens with zero attached hydrogens (tertiary/aromatic N) is 4. The van der Waals surface area contributed by atoms with Crippen molar-refractivity contribution < 1.29 is 33.4 Å². The number of nitrogens with two attached hydrogens (primary N) is 3. The Kier molecular flexibility index (Phi) is 14.8. The molecule has 10 N–H and O–H groups in total. The van der Waals surface area contributed by atoms with Crippen LogP contribution in [-0.4, -0.2) is 109 Å². The molecule has 4 bridgehead atoms. The minimum Gasteiger partial charge on any atom is -0.492 e. The lowest BCUT2D eigenvalue weighted by atomic mass is 9.93. The van der Waals surface area contributed by atoms with Gasteiger partial charge < -0.3 is 52.8 Å². The van der Waals surface area contributed by atoms with Crippen LogP contribution in [0.1, 0.15) is 82.6 Å². The van der Waals surface area contributed by atoms with Crippen molar-refractivity contribution >= 4 is 29.5 Å². The number of benzene rings is 3. The maximum Gasteiger partial charge on any atom is 0.255 e. The molecule has 18 nitrogen and oxygen atoms in total. The molecule has 3 aromatic carbocycles. The highest BCUT2D eigenvalue weighted by atomic mass is 16.5. The normalized spacial score (nSPS) is 18.6. The summed E-state index contributed by atoms with van der Waals surface area (Å²) in [5, 5.41) is 20.0. The van der Waals surface area contributed by atoms with Crippen LogP contribution in [0.15, 0.2) is 54.6 Å². The molecule has 1 saturated carbocycles. The number of nitriles is 1. The van der Waals surface area contributed by atoms with E-state index in [9.17, 15) is 29.2 Å². The predicted molar refractivity (Wildman–Crippen MR) is 249 cm³/mol. The lowest BCUT2D eigenvalue weighted by Crippen LogP contribution is -2.56. The fraction of sp³-hybridized carbons (Fsp3) is 0.429. The number of likely N-dealkylation sites (N-methyl/N-ethyl adjacent to an activating group) is 1. The van der Waals surface area contributed by atoms with Crippen LogP contribution >= 0.6 is 0 Å². The van der Waals surface area contributed by atoms with Gasteiger partial charge in [0, 0.05) is 43.2 Å². The standard InChI is InChI=1S/C49H59N11O7/c1-27-41(28(2)56-43(55-27)33-6-8-36-31(25-33)11-13-49(36)14-15-49)46(63)58-37(12-16-50)48(65)60(4)42-32-7-10-40(67-22-19-53)35(26-32)34-23-30(5-9-39(34)66-21-18-52)24-38(45(62)54-20-17-51)59-44(61)29(3)57-47(42)64/h5-10,23,25-26,29,37-38,42H,11-16,18-22,24,50,52-53H2,1-4H3,(H,54,62)(H,57,64)(H,58,63)(H,59,61)/t29-,37?,38-,42-/m0/s1. The zero-order chi connectivity index (χ0) is 48.0. The third-order valence-electron chi connectivity index (χ3n) is 12.8. The number of carbonyl (C=O) groups is 5. The first-order valence-corrected chi connectivity index (χ1v) is 22.7. The molecule has 1 fully saturated rings. The van der Waals surface area contributed by atoms with E-state index >= 15 is 0 Å². The Bertz CT molecular complexity index is 2590. The summed E-state index contributed by atoms with van der Waals surface area (Å²) in [4.78, 5) is 81.4. The topological polar surface area (TPSA) is 283 Å². The van der Waals surface area contributed by atoms with Crippen molar-refractivity contribution in [3.05, 3.63) is 93.8 Å². The van der Waals surface area contributed by atoms with Gasteiger partial charge in [0.25, 0.3) is 5.91 Å². The molecule has 2 aliphatic carbocycles. The van der Waals surface area contributed by atoms with Gasteiger partial charge in [-0.25, -0.2) is 9.97 Å². The van der Waals surface area contributed by atoms with E-state index in [-0.39, 0.29) is 57.8 Å². The molecule has 67 heavy (non-hydrogen) atoms. The number of amides is 5. The first-order chi connectivity index (χ1) is 32.2. The number of rotatable bonds is 15. The predicted octanol–water partition coefficient (Wildman–Crippen LogP) is 1.91. The quantitative estimate of drug-likeness (QED) is 0.0841. The van der Waals surface area contributed by atoms with Crippen molar-refractivity contribution in [2.75, 3.05) is 46.4 Å². The van der Waals surface area contributed by atoms with Crippen LogP contribution in [0.25, 0.3) is 22.5 Å². The minimum absolute atomic E-state index is 0.00506. The average Bonchev–Trinajstić information content (AvgIpc) is 4.02. The first kappa shape index (κ1) is 48.0. The van der Waals surface area contributed by atoms with Gasteiger partial charge in [0.2, 0.25) is 23.6 Å². The van der Waals surface area contributed by atoms with Gasteiger partial charge in [0.05, 0.1) is 23.0 Å². The van der Waals surface area contributed by atoms with Crippen molar-refractivity contribution in [1.82, 2.24) is 36.1 Å². The van der Waals surface area contributed by atoms with Crippen molar-refractivity contribution in [2.24, 2.45) is 17.2 Å². The number of ether oxygens (including phenoxy) is 2. The second-order valence-electron chi connectivity index (χ2n) is 17.4. The monoisotopic (exact) mass is 913 g/mol. The number of fused-ring (bicyclic) bond motifs is 7. The molecule has 0 radical (unpaired) electrons. The van der Waals surface area contributed by atoms with Gasteiger partial charge in [-0.15, -0.1) is 0 Å². The Hall–Kier alpha value is -6.94. The van der Waals surface area contributed by atoms with Crippen molar-refractivity contribution in [1.29, 1.82) is 5.26 Å². The van der Waals surface area contributed by atoms with E-state index in [1.54, 1.807) is 50.2 Å². The van der Waals surface area contributed by atoms with Crippen LogP contribution in [-0.2, 0) is 37.4 Å². The fourth-order valence-corrected chi connectivity index (χ4v) is 9.17. The highest BCUT2D eigenvalue weighted by Gasteiger charge is 2.48. The van der Waals surface area contributed by atoms with E-state index in [2.05, 4.69) is 33.4 Å². The van der Waals surface area contributed by atoms with Crippen LogP contribution in [0, 0.1) is 25.2 Å². The maximum atomic E-state index is 14.8. The molecule has 0 saturated heterocycles. The molecule has 18 heteroatoms. The fourth-order valence-electron chi connectivity index (χ4n) is 9.17. The Morgan fingerprint density at radius 3 is 2.21 bits per heavy atom. The zero-order valence-electron chi connectivity index (χ0n) is 38.4. The Labute approximate surface area is 389 Å². The molecule has 352 valence electrons. The molecule has 1 aliphatic heterocycles. The van der Waals surface area contributed by atoms with E-state index in [0.29, 0.717) is 56.4 Å². The van der Waals surface area contributed by atoms with Crippen LogP contribution in [0.4, 0.5) is 0 Å². The molecule has 2 heterocycles. The maximum absolute atomic E-state index is 14.8. The van der Waals surface area contributed by atoms with Crippen LogP contribution in [0.3, 0.4) is 0 Å². The van der Waals surface area contributed by atoms with Gasteiger partial charge in [-0.2, -0.15) is 5.26 Å². The lowest BCUT2D eigenvalue weighted by molar-refractivity contribution is -0.141. The molecule has 1 aromatic heterocycles. The molecular weight excluding hydrogens is 855 g/mol. The SMILES string of the molecule is Cc1nc(-c2ccc3c(c2)CCC32CC2)nc(C)c1C(=O)NC(CCN)C(=O)N(C)[C@@H]1C(=O)N[C@@H](C)C(=O)N[C@H](C(=O)NCC#N)Cc2ccc(OCCN)c(c2)-c2cc1ccc2OCCN. The summed E-state index contributed by atoms with van der Waals surface area (Å²) in [5.74, 6) is -2.01. The number of hydrogen-bond donors (Lipinski definition) is 7. The number of nitrogens with one attached hydrogen (secondary N) is 4. The second kappa shape index (κ2) is 20.7. The summed E-state index contributed by atoms with van der Waals surface area (Å²) >= 11 is 0. The van der Waals surface area contributed by atoms with E-state index in [0.717, 1.165) is 18.4 Å². The number of hydrogen-bond acceptors (Lipinski definition) is 13. The molecule has 5 amide bonds. The molecule has 4 atom stereocenters. The molecule has 3 aliphatic rings. The van der Waals surface area contributed by atoms with Gasteiger partial charge in [-0.3, -0.25) is 24.0 Å². The number of aryl methyl sites for hydroxylation is 3. The van der Waals surface area contributed by atoms with E-state index in [1.165, 1.54) is 42.8 Å². The van der Waals surface area contributed by atoms with Crippen LogP contribution < -0.4 is 47.9 Å². The smallest absolute Gasteiger partial charge is 0.255 e. The summed E-state index contributed by atoms with van der Waals surface area (Å²) in [5.41, 5.74) is 24.7. The van der Waals surface area contributed by atoms with Crippen molar-refractivity contribution in [3.63, 3.8) is 0 Å². The Balaban J connectivity index is 1.24. The van der Waals surface area contributed by atoms with Crippen LogP contribution in [0.2, 0.25) is 0 Å². The Morgan fingerprint density at radius 1 is 0.896 bits per heavy atom. The summed E-state index contributed by atoms with van der Waals surface area (Å²) in [7, 11) is 1.43. The average molecular weight is 914 g/mol. The zero-order valence-corrected chi connectivity index (χ0v) is 38.4. The third kappa shape index (κ3) is 10.4. The highest BCUT2D eigenvalue weighted by Crippen LogP contribution is 2.57. The molecule has 4 aromatic rings. The van der Waals surface area contributed by atoms with Gasteiger partial charge in [0.1, 0.15) is 55.4 Å². The van der Waals surface area contributed by atoms with Crippen molar-refractivity contribution in [2.45, 2.75) is 88.9 Å².